The predicted octanol–water partition coefficient (Wildman–Crippen LogP) is 4.73. The number of ether oxygens (including phenoxy) is 1. The maximum Gasteiger partial charge on any atom is 0.250 e. The van der Waals surface area contributed by atoms with Gasteiger partial charge in [-0.3, -0.25) is 0 Å². The van der Waals surface area contributed by atoms with Gasteiger partial charge in [0.15, 0.2) is 5.84 Å². The molecule has 3 aromatic rings. The van der Waals surface area contributed by atoms with Crippen molar-refractivity contribution in [3.8, 4) is 11.4 Å². The molecule has 0 saturated carbocycles. The topological polar surface area (TPSA) is 77.9 Å². The highest BCUT2D eigenvalue weighted by molar-refractivity contribution is 9.10. The van der Waals surface area contributed by atoms with Crippen molar-refractivity contribution in [2.45, 2.75) is 25.5 Å². The van der Waals surface area contributed by atoms with Crippen molar-refractivity contribution in [2.75, 3.05) is 20.2 Å². The third-order valence-corrected chi connectivity index (χ3v) is 6.91. The van der Waals surface area contributed by atoms with Gasteiger partial charge in [0.05, 0.1) is 31.4 Å². The first-order valence-electron chi connectivity index (χ1n) is 11.0. The van der Waals surface area contributed by atoms with Gasteiger partial charge in [0, 0.05) is 22.8 Å². The van der Waals surface area contributed by atoms with Crippen LogP contribution in [-0.2, 0) is 10.6 Å². The molecule has 0 aliphatic carbocycles. The van der Waals surface area contributed by atoms with Gasteiger partial charge in [-0.1, -0.05) is 27.2 Å². The minimum Gasteiger partial charge on any atom is -0.495 e. The van der Waals surface area contributed by atoms with E-state index < -0.39 is 5.72 Å². The molecule has 2 N–H and O–H groups in total. The fourth-order valence-corrected chi connectivity index (χ4v) is 5.25. The van der Waals surface area contributed by atoms with Gasteiger partial charge in [-0.25, -0.2) is 9.37 Å². The van der Waals surface area contributed by atoms with Crippen molar-refractivity contribution in [1.29, 1.82) is 0 Å². The van der Waals surface area contributed by atoms with Crippen LogP contribution in [0.4, 0.5) is 4.39 Å². The lowest BCUT2D eigenvalue weighted by Gasteiger charge is -2.39. The molecule has 34 heavy (non-hydrogen) atoms. The van der Waals surface area contributed by atoms with Crippen LogP contribution >= 0.6 is 15.9 Å². The second-order valence-corrected chi connectivity index (χ2v) is 9.25. The second kappa shape index (κ2) is 8.88. The summed E-state index contributed by atoms with van der Waals surface area (Å²) in [5.41, 5.74) is 9.88. The van der Waals surface area contributed by atoms with E-state index in [1.807, 2.05) is 35.9 Å². The molecule has 2 aromatic carbocycles. The maximum absolute atomic E-state index is 13.7. The van der Waals surface area contributed by atoms with Crippen LogP contribution in [0.2, 0.25) is 0 Å². The van der Waals surface area contributed by atoms with E-state index in [4.69, 9.17) is 15.3 Å². The summed E-state index contributed by atoms with van der Waals surface area (Å²) in [6, 6.07) is 10.6. The molecule has 0 amide bonds. The highest BCUT2D eigenvalue weighted by atomic mass is 79.9. The molecule has 1 aromatic heterocycles. The lowest BCUT2D eigenvalue weighted by Crippen LogP contribution is -2.53. The summed E-state index contributed by atoms with van der Waals surface area (Å²) >= 11 is 3.47. The number of hydrogen-bond acceptors (Lipinski definition) is 6. The molecule has 2 aliphatic rings. The lowest BCUT2D eigenvalue weighted by molar-refractivity contribution is -0.0993. The van der Waals surface area contributed by atoms with Gasteiger partial charge in [0.25, 0.3) is 5.72 Å². The first-order chi connectivity index (χ1) is 16.4. The Morgan fingerprint density at radius 2 is 2.15 bits per heavy atom. The Bertz CT molecular complexity index is 1300. The maximum atomic E-state index is 13.7. The summed E-state index contributed by atoms with van der Waals surface area (Å²) in [5.74, 6) is 1.17. The predicted molar refractivity (Wildman–Crippen MR) is 132 cm³/mol. The Hall–Kier alpha value is -3.17. The van der Waals surface area contributed by atoms with Crippen LogP contribution in [0.1, 0.15) is 29.7 Å². The number of fused-ring (bicyclic) bond motifs is 1. The highest BCUT2D eigenvalue weighted by Crippen LogP contribution is 2.42. The second-order valence-electron chi connectivity index (χ2n) is 8.40. The molecule has 0 unspecified atom stereocenters. The van der Waals surface area contributed by atoms with Gasteiger partial charge in [-0.15, -0.1) is 0 Å². The Balaban J connectivity index is 1.49. The Morgan fingerprint density at radius 1 is 1.29 bits per heavy atom. The SMILES string of the molecule is COc1cc(C=C2CCCN3C2=NO[C@]3(CN)c2ccc(F)cc2Br)ccc1-n1cnc(C)c1. The van der Waals surface area contributed by atoms with Gasteiger partial charge >= 0.3 is 0 Å². The van der Waals surface area contributed by atoms with Crippen LogP contribution in [0.25, 0.3) is 11.8 Å². The zero-order valence-electron chi connectivity index (χ0n) is 19.0. The molecule has 1 saturated heterocycles. The summed E-state index contributed by atoms with van der Waals surface area (Å²) in [5, 5.41) is 4.45. The zero-order chi connectivity index (χ0) is 23.9. The van der Waals surface area contributed by atoms with Crippen molar-refractivity contribution in [2.24, 2.45) is 10.9 Å². The van der Waals surface area contributed by atoms with Crippen LogP contribution < -0.4 is 10.5 Å². The van der Waals surface area contributed by atoms with Crippen molar-refractivity contribution in [3.05, 3.63) is 81.6 Å². The third-order valence-electron chi connectivity index (χ3n) is 6.25. The number of aromatic nitrogens is 2. The number of nitrogens with two attached hydrogens (primary N) is 1. The number of oxime groups is 1. The van der Waals surface area contributed by atoms with E-state index in [0.29, 0.717) is 4.47 Å². The minimum atomic E-state index is -0.984. The number of methoxy groups -OCH3 is 1. The number of halogens is 2. The molecule has 9 heteroatoms. The fourth-order valence-electron chi connectivity index (χ4n) is 4.59. The summed E-state index contributed by atoms with van der Waals surface area (Å²) in [4.78, 5) is 12.4. The van der Waals surface area contributed by atoms with E-state index >= 15 is 0 Å². The average Bonchev–Trinajstić information content (AvgIpc) is 3.44. The molecule has 176 valence electrons. The summed E-state index contributed by atoms with van der Waals surface area (Å²) in [6.07, 6.45) is 7.60. The van der Waals surface area contributed by atoms with Gasteiger partial charge < -0.3 is 24.8 Å². The number of benzene rings is 2. The third kappa shape index (κ3) is 3.78. The van der Waals surface area contributed by atoms with Crippen LogP contribution in [0, 0.1) is 12.7 Å². The smallest absolute Gasteiger partial charge is 0.250 e. The molecule has 1 fully saturated rings. The molecule has 5 rings (SSSR count). The lowest BCUT2D eigenvalue weighted by atomic mass is 9.94. The van der Waals surface area contributed by atoms with Crippen molar-refractivity contribution in [1.82, 2.24) is 14.5 Å². The van der Waals surface area contributed by atoms with Crippen molar-refractivity contribution < 1.29 is 14.0 Å². The fraction of sp³-hybridized carbons (Fsp3) is 0.280. The van der Waals surface area contributed by atoms with E-state index in [0.717, 1.165) is 59.1 Å². The molecular formula is C25H25BrFN5O2. The molecule has 3 heterocycles. The molecule has 0 spiro atoms. The van der Waals surface area contributed by atoms with Gasteiger partial charge in [0.1, 0.15) is 11.6 Å². The monoisotopic (exact) mass is 525 g/mol. The summed E-state index contributed by atoms with van der Waals surface area (Å²) in [7, 11) is 1.66. The first kappa shape index (κ1) is 22.6. The number of imidazole rings is 1. The van der Waals surface area contributed by atoms with Crippen LogP contribution in [0.3, 0.4) is 0 Å². The molecule has 1 atom stereocenters. The van der Waals surface area contributed by atoms with Crippen LogP contribution in [-0.4, -0.2) is 40.5 Å². The minimum absolute atomic E-state index is 0.171. The van der Waals surface area contributed by atoms with Crippen LogP contribution in [0.15, 0.2) is 64.1 Å². The molecular weight excluding hydrogens is 501 g/mol. The van der Waals surface area contributed by atoms with Gasteiger partial charge in [-0.05, 0) is 67.3 Å². The molecule has 7 nitrogen and oxygen atoms in total. The van der Waals surface area contributed by atoms with Gasteiger partial charge in [0.2, 0.25) is 0 Å². The molecule has 0 bridgehead atoms. The number of aryl methyl sites for hydroxylation is 1. The Kier molecular flexibility index (Phi) is 5.91. The quantitative estimate of drug-likeness (QED) is 0.521. The Morgan fingerprint density at radius 3 is 2.85 bits per heavy atom. The number of rotatable bonds is 5. The van der Waals surface area contributed by atoms with Crippen molar-refractivity contribution in [3.63, 3.8) is 0 Å². The number of amidine groups is 1. The van der Waals surface area contributed by atoms with E-state index in [9.17, 15) is 4.39 Å². The van der Waals surface area contributed by atoms with E-state index in [-0.39, 0.29) is 12.4 Å². The van der Waals surface area contributed by atoms with Crippen LogP contribution in [0.5, 0.6) is 5.75 Å². The number of nitrogens with zero attached hydrogens (tertiary/aromatic N) is 4. The number of piperidine rings is 1. The average molecular weight is 526 g/mol. The zero-order valence-corrected chi connectivity index (χ0v) is 20.5. The number of hydrogen-bond donors (Lipinski definition) is 1. The molecule has 0 radical (unpaired) electrons. The van der Waals surface area contributed by atoms with Crippen molar-refractivity contribution >= 4 is 27.8 Å². The Labute approximate surface area is 205 Å². The van der Waals surface area contributed by atoms with Gasteiger partial charge in [-0.2, -0.15) is 0 Å². The summed E-state index contributed by atoms with van der Waals surface area (Å²) in [6.45, 7) is 2.86. The highest BCUT2D eigenvalue weighted by Gasteiger charge is 2.49. The van der Waals surface area contributed by atoms with E-state index in [1.165, 1.54) is 12.1 Å². The largest absolute Gasteiger partial charge is 0.495 e. The molecule has 2 aliphatic heterocycles. The van der Waals surface area contributed by atoms with E-state index in [2.05, 4.69) is 37.0 Å². The van der Waals surface area contributed by atoms with E-state index in [1.54, 1.807) is 19.5 Å². The standard InChI is InChI=1S/C25H25BrFN5O2/c1-16-13-31(15-29-16)22-8-5-17(11-23(22)33-2)10-18-4-3-9-32-24(18)30-34-25(32,14-28)20-7-6-19(27)12-21(20)26/h5-8,10-13,15H,3-4,9,14,28H2,1-2H3/t25-/m1/s1. The summed E-state index contributed by atoms with van der Waals surface area (Å²) < 4.78 is 21.9. The normalized spacial score (nSPS) is 20.8. The first-order valence-corrected chi connectivity index (χ1v) is 11.8.